The summed E-state index contributed by atoms with van der Waals surface area (Å²) in [6.07, 6.45) is 4.79. The van der Waals surface area contributed by atoms with E-state index in [0.717, 1.165) is 13.0 Å². The Kier molecular flexibility index (Phi) is 7.03. The zero-order chi connectivity index (χ0) is 15.7. The van der Waals surface area contributed by atoms with Crippen molar-refractivity contribution in [2.24, 2.45) is 5.73 Å². The summed E-state index contributed by atoms with van der Waals surface area (Å²) in [6.45, 7) is 2.98. The van der Waals surface area contributed by atoms with E-state index < -0.39 is 10.0 Å². The number of sulfonamides is 1. The highest BCUT2D eigenvalue weighted by molar-refractivity contribution is 7.89. The molecule has 0 radical (unpaired) electrons. The molecule has 0 fully saturated rings. The summed E-state index contributed by atoms with van der Waals surface area (Å²) in [5.74, 6) is 0.0127. The van der Waals surface area contributed by atoms with Gasteiger partial charge in [0.05, 0.1) is 12.4 Å². The molecule has 0 aliphatic heterocycles. The summed E-state index contributed by atoms with van der Waals surface area (Å²) >= 11 is 0. The number of anilines is 1. The topological polar surface area (TPSA) is 127 Å². The zero-order valence-electron chi connectivity index (χ0n) is 12.0. The van der Waals surface area contributed by atoms with E-state index in [2.05, 4.69) is 20.0 Å². The number of amides is 1. The van der Waals surface area contributed by atoms with Crippen molar-refractivity contribution in [1.82, 2.24) is 14.7 Å². The lowest BCUT2D eigenvalue weighted by Gasteiger charge is -2.07. The number of unbranched alkanes of at least 4 members (excludes halogenated alkanes) is 1. The Morgan fingerprint density at radius 1 is 1.24 bits per heavy atom. The minimum Gasteiger partial charge on any atom is -0.370 e. The van der Waals surface area contributed by atoms with Gasteiger partial charge in [0, 0.05) is 19.5 Å². The molecule has 0 unspecified atom stereocenters. The van der Waals surface area contributed by atoms with Crippen molar-refractivity contribution in [3.63, 3.8) is 0 Å². The summed E-state index contributed by atoms with van der Waals surface area (Å²) in [4.78, 5) is 18.5. The largest absolute Gasteiger partial charge is 0.370 e. The molecular formula is C12H21N5O3S. The Morgan fingerprint density at radius 3 is 2.48 bits per heavy atom. The van der Waals surface area contributed by atoms with Crippen molar-refractivity contribution in [2.45, 2.75) is 37.5 Å². The fourth-order valence-corrected chi connectivity index (χ4v) is 2.46. The first-order valence-electron chi connectivity index (χ1n) is 6.79. The SMILES string of the molecule is CCCNc1ncc(S(=O)(=O)NCCCCC(N)=O)cn1. The molecule has 118 valence electrons. The summed E-state index contributed by atoms with van der Waals surface area (Å²) in [7, 11) is -3.62. The van der Waals surface area contributed by atoms with Crippen molar-refractivity contribution in [3.8, 4) is 0 Å². The fourth-order valence-electron chi connectivity index (χ4n) is 1.50. The van der Waals surface area contributed by atoms with Crippen LogP contribution < -0.4 is 15.8 Å². The predicted molar refractivity (Wildman–Crippen MR) is 79.0 cm³/mol. The third-order valence-corrected chi connectivity index (χ3v) is 4.03. The number of hydrogen-bond donors (Lipinski definition) is 3. The second-order valence-electron chi connectivity index (χ2n) is 4.49. The average Bonchev–Trinajstić information content (AvgIpc) is 2.44. The van der Waals surface area contributed by atoms with Crippen LogP contribution in [-0.2, 0) is 14.8 Å². The standard InChI is InChI=1S/C12H21N5O3S/c1-2-6-14-12-15-8-10(9-16-12)21(19,20)17-7-4-3-5-11(13)18/h8-9,17H,2-7H2,1H3,(H2,13,18)(H,14,15,16). The van der Waals surface area contributed by atoms with Crippen LogP contribution in [0.25, 0.3) is 0 Å². The molecule has 0 bridgehead atoms. The number of aromatic nitrogens is 2. The van der Waals surface area contributed by atoms with Crippen LogP contribution in [0.1, 0.15) is 32.6 Å². The third-order valence-electron chi connectivity index (χ3n) is 2.61. The summed E-state index contributed by atoms with van der Waals surface area (Å²) in [5, 5.41) is 2.96. The molecule has 1 heterocycles. The van der Waals surface area contributed by atoms with Crippen molar-refractivity contribution in [3.05, 3.63) is 12.4 Å². The molecule has 0 spiro atoms. The van der Waals surface area contributed by atoms with Gasteiger partial charge in [-0.05, 0) is 19.3 Å². The molecule has 1 rings (SSSR count). The Labute approximate surface area is 124 Å². The Morgan fingerprint density at radius 2 is 1.90 bits per heavy atom. The molecule has 1 aromatic rings. The first-order chi connectivity index (χ1) is 9.95. The van der Waals surface area contributed by atoms with Gasteiger partial charge in [0.2, 0.25) is 21.9 Å². The van der Waals surface area contributed by atoms with Gasteiger partial charge in [-0.3, -0.25) is 4.79 Å². The highest BCUT2D eigenvalue weighted by Crippen LogP contribution is 2.07. The quantitative estimate of drug-likeness (QED) is 0.530. The molecule has 4 N–H and O–H groups in total. The Balaban J connectivity index is 2.48. The summed E-state index contributed by atoms with van der Waals surface area (Å²) in [6, 6.07) is 0. The lowest BCUT2D eigenvalue weighted by molar-refractivity contribution is -0.118. The molecular weight excluding hydrogens is 294 g/mol. The second-order valence-corrected chi connectivity index (χ2v) is 6.26. The van der Waals surface area contributed by atoms with Crippen LogP contribution >= 0.6 is 0 Å². The molecule has 0 atom stereocenters. The van der Waals surface area contributed by atoms with E-state index in [1.54, 1.807) is 0 Å². The van der Waals surface area contributed by atoms with E-state index in [0.29, 0.717) is 18.8 Å². The molecule has 0 aliphatic rings. The van der Waals surface area contributed by atoms with E-state index in [-0.39, 0.29) is 23.8 Å². The highest BCUT2D eigenvalue weighted by Gasteiger charge is 2.14. The average molecular weight is 315 g/mol. The molecule has 1 aromatic heterocycles. The maximum atomic E-state index is 12.0. The summed E-state index contributed by atoms with van der Waals surface area (Å²) < 4.78 is 26.3. The van der Waals surface area contributed by atoms with Crippen molar-refractivity contribution >= 4 is 21.9 Å². The van der Waals surface area contributed by atoms with Crippen LogP contribution in [0.2, 0.25) is 0 Å². The highest BCUT2D eigenvalue weighted by atomic mass is 32.2. The second kappa shape index (κ2) is 8.53. The van der Waals surface area contributed by atoms with Crippen molar-refractivity contribution in [1.29, 1.82) is 0 Å². The van der Waals surface area contributed by atoms with E-state index in [4.69, 9.17) is 5.73 Å². The van der Waals surface area contributed by atoms with Crippen molar-refractivity contribution in [2.75, 3.05) is 18.4 Å². The molecule has 9 heteroatoms. The third kappa shape index (κ3) is 6.50. The Bertz CT molecular complexity index is 545. The minimum absolute atomic E-state index is 0.0134. The maximum absolute atomic E-state index is 12.0. The molecule has 0 saturated heterocycles. The van der Waals surface area contributed by atoms with Gasteiger partial charge in [0.15, 0.2) is 0 Å². The Hall–Kier alpha value is -1.74. The number of rotatable bonds is 10. The number of nitrogens with one attached hydrogen (secondary N) is 2. The van der Waals surface area contributed by atoms with Gasteiger partial charge in [0.25, 0.3) is 0 Å². The van der Waals surface area contributed by atoms with Crippen LogP contribution in [0.3, 0.4) is 0 Å². The van der Waals surface area contributed by atoms with Crippen molar-refractivity contribution < 1.29 is 13.2 Å². The molecule has 0 aliphatic carbocycles. The maximum Gasteiger partial charge on any atom is 0.243 e. The first-order valence-corrected chi connectivity index (χ1v) is 8.28. The molecule has 8 nitrogen and oxygen atoms in total. The number of nitrogens with zero attached hydrogens (tertiary/aromatic N) is 2. The van der Waals surface area contributed by atoms with Crippen LogP contribution in [0.15, 0.2) is 17.3 Å². The van der Waals surface area contributed by atoms with Crippen LogP contribution in [0.4, 0.5) is 5.95 Å². The van der Waals surface area contributed by atoms with Gasteiger partial charge in [-0.15, -0.1) is 0 Å². The normalized spacial score (nSPS) is 11.3. The minimum atomic E-state index is -3.62. The van der Waals surface area contributed by atoms with Crippen LogP contribution in [-0.4, -0.2) is 37.4 Å². The molecule has 1 amide bonds. The lowest BCUT2D eigenvalue weighted by atomic mass is 10.2. The lowest BCUT2D eigenvalue weighted by Crippen LogP contribution is -2.25. The first kappa shape index (κ1) is 17.3. The predicted octanol–water partition coefficient (Wildman–Crippen LogP) is 0.232. The van der Waals surface area contributed by atoms with E-state index in [1.807, 2.05) is 6.92 Å². The van der Waals surface area contributed by atoms with Gasteiger partial charge in [-0.1, -0.05) is 6.92 Å². The summed E-state index contributed by atoms with van der Waals surface area (Å²) in [5.41, 5.74) is 5.00. The number of carbonyl (C=O) groups is 1. The molecule has 21 heavy (non-hydrogen) atoms. The number of carbonyl (C=O) groups excluding carboxylic acids is 1. The smallest absolute Gasteiger partial charge is 0.243 e. The fraction of sp³-hybridized carbons (Fsp3) is 0.583. The molecule has 0 saturated carbocycles. The van der Waals surface area contributed by atoms with E-state index in [9.17, 15) is 13.2 Å². The van der Waals surface area contributed by atoms with Gasteiger partial charge < -0.3 is 11.1 Å². The van der Waals surface area contributed by atoms with Gasteiger partial charge in [-0.25, -0.2) is 23.1 Å². The van der Waals surface area contributed by atoms with Gasteiger partial charge in [0.1, 0.15) is 4.90 Å². The van der Waals surface area contributed by atoms with Crippen LogP contribution in [0.5, 0.6) is 0 Å². The van der Waals surface area contributed by atoms with Gasteiger partial charge >= 0.3 is 0 Å². The van der Waals surface area contributed by atoms with E-state index in [1.165, 1.54) is 12.4 Å². The van der Waals surface area contributed by atoms with Gasteiger partial charge in [-0.2, -0.15) is 0 Å². The van der Waals surface area contributed by atoms with Crippen LogP contribution in [0, 0.1) is 0 Å². The van der Waals surface area contributed by atoms with E-state index >= 15 is 0 Å². The molecule has 0 aromatic carbocycles. The zero-order valence-corrected chi connectivity index (χ0v) is 12.8. The number of hydrogen-bond acceptors (Lipinski definition) is 6. The number of primary amides is 1. The monoisotopic (exact) mass is 315 g/mol. The number of nitrogens with two attached hydrogens (primary N) is 1.